The van der Waals surface area contributed by atoms with Gasteiger partial charge in [-0.1, -0.05) is 0 Å². The zero-order chi connectivity index (χ0) is 13.3. The SMILES string of the molecule is CN(C)C1CCN(C(=O)N2CCCC2C(=O)O)C1. The van der Waals surface area contributed by atoms with Crippen LogP contribution >= 0.6 is 0 Å². The Morgan fingerprint density at radius 1 is 1.22 bits per heavy atom. The van der Waals surface area contributed by atoms with Gasteiger partial charge in [0.1, 0.15) is 6.04 Å². The normalized spacial score (nSPS) is 28.2. The van der Waals surface area contributed by atoms with Crippen LogP contribution in [0, 0.1) is 0 Å². The maximum Gasteiger partial charge on any atom is 0.326 e. The van der Waals surface area contributed by atoms with Crippen LogP contribution in [0.15, 0.2) is 0 Å². The fourth-order valence-corrected chi connectivity index (χ4v) is 2.77. The summed E-state index contributed by atoms with van der Waals surface area (Å²) in [4.78, 5) is 28.8. The van der Waals surface area contributed by atoms with Gasteiger partial charge >= 0.3 is 12.0 Å². The van der Waals surface area contributed by atoms with E-state index >= 15 is 0 Å². The minimum atomic E-state index is -0.885. The van der Waals surface area contributed by atoms with Gasteiger partial charge in [-0.05, 0) is 33.4 Å². The van der Waals surface area contributed by atoms with Crippen LogP contribution in [0.5, 0.6) is 0 Å². The molecule has 2 rings (SSSR count). The number of nitrogens with zero attached hydrogens (tertiary/aromatic N) is 3. The van der Waals surface area contributed by atoms with E-state index in [2.05, 4.69) is 4.90 Å². The molecular weight excluding hydrogens is 234 g/mol. The molecule has 0 aromatic rings. The van der Waals surface area contributed by atoms with E-state index in [1.54, 1.807) is 4.90 Å². The Labute approximate surface area is 107 Å². The molecule has 2 fully saturated rings. The average Bonchev–Trinajstić information content (AvgIpc) is 2.97. The van der Waals surface area contributed by atoms with Crippen molar-refractivity contribution >= 4 is 12.0 Å². The van der Waals surface area contributed by atoms with Crippen LogP contribution in [-0.2, 0) is 4.79 Å². The van der Waals surface area contributed by atoms with Crippen molar-refractivity contribution in [2.24, 2.45) is 0 Å². The first-order valence-electron chi connectivity index (χ1n) is 6.45. The van der Waals surface area contributed by atoms with E-state index in [0.29, 0.717) is 25.6 Å². The minimum Gasteiger partial charge on any atom is -0.480 e. The molecule has 0 spiro atoms. The Kier molecular flexibility index (Phi) is 3.75. The Morgan fingerprint density at radius 2 is 1.94 bits per heavy atom. The molecule has 2 amide bonds. The number of hydrogen-bond donors (Lipinski definition) is 1. The van der Waals surface area contributed by atoms with Crippen molar-refractivity contribution < 1.29 is 14.7 Å². The summed E-state index contributed by atoms with van der Waals surface area (Å²) in [5.41, 5.74) is 0. The fourth-order valence-electron chi connectivity index (χ4n) is 2.77. The lowest BCUT2D eigenvalue weighted by atomic mass is 10.2. The Bertz CT molecular complexity index is 345. The third-order valence-corrected chi connectivity index (χ3v) is 3.95. The van der Waals surface area contributed by atoms with Gasteiger partial charge in [-0.3, -0.25) is 0 Å². The van der Waals surface area contributed by atoms with Crippen LogP contribution in [-0.4, -0.2) is 77.6 Å². The molecule has 0 bridgehead atoms. The fraction of sp³-hybridized carbons (Fsp3) is 0.833. The first-order chi connectivity index (χ1) is 8.50. The highest BCUT2D eigenvalue weighted by Gasteiger charge is 2.38. The van der Waals surface area contributed by atoms with Crippen molar-refractivity contribution in [2.45, 2.75) is 31.3 Å². The number of hydrogen-bond acceptors (Lipinski definition) is 3. The number of amides is 2. The standard InChI is InChI=1S/C12H21N3O3/c1-13(2)9-5-7-14(8-9)12(18)15-6-3-4-10(15)11(16)17/h9-10H,3-8H2,1-2H3,(H,16,17). The second kappa shape index (κ2) is 5.14. The number of carboxylic acid groups (broad SMARTS) is 1. The Balaban J connectivity index is 1.98. The van der Waals surface area contributed by atoms with E-state index < -0.39 is 12.0 Å². The van der Waals surface area contributed by atoms with Crippen LogP contribution < -0.4 is 0 Å². The highest BCUT2D eigenvalue weighted by molar-refractivity contribution is 5.83. The van der Waals surface area contributed by atoms with Gasteiger partial charge in [0, 0.05) is 25.7 Å². The zero-order valence-corrected chi connectivity index (χ0v) is 11.0. The number of rotatable bonds is 2. The summed E-state index contributed by atoms with van der Waals surface area (Å²) in [6.45, 7) is 2.00. The number of carboxylic acids is 1. The van der Waals surface area contributed by atoms with Crippen molar-refractivity contribution in [3.05, 3.63) is 0 Å². The first-order valence-corrected chi connectivity index (χ1v) is 6.45. The third kappa shape index (κ3) is 2.43. The molecule has 6 nitrogen and oxygen atoms in total. The second-order valence-electron chi connectivity index (χ2n) is 5.32. The lowest BCUT2D eigenvalue weighted by molar-refractivity contribution is -0.141. The molecule has 0 aromatic heterocycles. The summed E-state index contributed by atoms with van der Waals surface area (Å²) in [5.74, 6) is -0.885. The highest BCUT2D eigenvalue weighted by Crippen LogP contribution is 2.22. The van der Waals surface area contributed by atoms with Crippen LogP contribution in [0.4, 0.5) is 4.79 Å². The van der Waals surface area contributed by atoms with Gasteiger partial charge in [0.05, 0.1) is 0 Å². The van der Waals surface area contributed by atoms with Crippen molar-refractivity contribution in [3.63, 3.8) is 0 Å². The average molecular weight is 255 g/mol. The molecule has 0 aromatic carbocycles. The van der Waals surface area contributed by atoms with Crippen LogP contribution in [0.1, 0.15) is 19.3 Å². The van der Waals surface area contributed by atoms with E-state index in [4.69, 9.17) is 5.11 Å². The van der Waals surface area contributed by atoms with Gasteiger partial charge in [0.2, 0.25) is 0 Å². The van der Waals surface area contributed by atoms with Crippen LogP contribution in [0.25, 0.3) is 0 Å². The van der Waals surface area contributed by atoms with Gasteiger partial charge in [0.25, 0.3) is 0 Å². The second-order valence-corrected chi connectivity index (χ2v) is 5.32. The summed E-state index contributed by atoms with van der Waals surface area (Å²) >= 11 is 0. The minimum absolute atomic E-state index is 0.107. The molecule has 0 aliphatic carbocycles. The summed E-state index contributed by atoms with van der Waals surface area (Å²) in [6.07, 6.45) is 2.32. The molecule has 2 aliphatic heterocycles. The monoisotopic (exact) mass is 255 g/mol. The maximum absolute atomic E-state index is 12.3. The molecule has 2 atom stereocenters. The van der Waals surface area contributed by atoms with E-state index in [9.17, 15) is 9.59 Å². The Hall–Kier alpha value is -1.30. The molecule has 102 valence electrons. The topological polar surface area (TPSA) is 64.1 Å². The van der Waals surface area contributed by atoms with Gasteiger partial charge in [0.15, 0.2) is 0 Å². The predicted molar refractivity (Wildman–Crippen MR) is 66.4 cm³/mol. The highest BCUT2D eigenvalue weighted by atomic mass is 16.4. The molecule has 1 N–H and O–H groups in total. The number of carbonyl (C=O) groups excluding carboxylic acids is 1. The molecule has 0 saturated carbocycles. The maximum atomic E-state index is 12.3. The largest absolute Gasteiger partial charge is 0.480 e. The summed E-state index contributed by atoms with van der Waals surface area (Å²) < 4.78 is 0. The van der Waals surface area contributed by atoms with Crippen molar-refractivity contribution in [2.75, 3.05) is 33.7 Å². The Morgan fingerprint density at radius 3 is 2.50 bits per heavy atom. The van der Waals surface area contributed by atoms with E-state index in [0.717, 1.165) is 19.4 Å². The van der Waals surface area contributed by atoms with Gasteiger partial charge in [-0.25, -0.2) is 9.59 Å². The number of carbonyl (C=O) groups is 2. The van der Waals surface area contributed by atoms with Gasteiger partial charge in [-0.2, -0.15) is 0 Å². The molecule has 2 unspecified atom stereocenters. The first kappa shape index (κ1) is 13.1. The van der Waals surface area contributed by atoms with E-state index in [1.807, 2.05) is 14.1 Å². The molecule has 2 aliphatic rings. The van der Waals surface area contributed by atoms with Gasteiger partial charge in [-0.15, -0.1) is 0 Å². The molecular formula is C12H21N3O3. The predicted octanol–water partition coefficient (Wildman–Crippen LogP) is 0.291. The number of aliphatic carboxylic acids is 1. The molecule has 18 heavy (non-hydrogen) atoms. The smallest absolute Gasteiger partial charge is 0.326 e. The van der Waals surface area contributed by atoms with Crippen LogP contribution in [0.2, 0.25) is 0 Å². The quantitative estimate of drug-likeness (QED) is 0.770. The summed E-state index contributed by atoms with van der Waals surface area (Å²) in [7, 11) is 4.02. The lowest BCUT2D eigenvalue weighted by Gasteiger charge is -2.28. The van der Waals surface area contributed by atoms with Crippen molar-refractivity contribution in [1.29, 1.82) is 0 Å². The van der Waals surface area contributed by atoms with Crippen molar-refractivity contribution in [1.82, 2.24) is 14.7 Å². The molecule has 6 heteroatoms. The van der Waals surface area contributed by atoms with Crippen LogP contribution in [0.3, 0.4) is 0 Å². The summed E-state index contributed by atoms with van der Waals surface area (Å²) in [5, 5.41) is 9.09. The van der Waals surface area contributed by atoms with Crippen molar-refractivity contribution in [3.8, 4) is 0 Å². The zero-order valence-electron chi connectivity index (χ0n) is 11.0. The van der Waals surface area contributed by atoms with Gasteiger partial charge < -0.3 is 19.8 Å². The number of likely N-dealkylation sites (N-methyl/N-ethyl adjacent to an activating group) is 1. The summed E-state index contributed by atoms with van der Waals surface area (Å²) in [6, 6.07) is -0.347. The van der Waals surface area contributed by atoms with E-state index in [-0.39, 0.29) is 6.03 Å². The number of urea groups is 1. The molecule has 2 heterocycles. The van der Waals surface area contributed by atoms with E-state index in [1.165, 1.54) is 4.90 Å². The third-order valence-electron chi connectivity index (χ3n) is 3.95. The number of likely N-dealkylation sites (tertiary alicyclic amines) is 2. The molecule has 2 saturated heterocycles. The molecule has 0 radical (unpaired) electrons. The lowest BCUT2D eigenvalue weighted by Crippen LogP contribution is -2.48.